The van der Waals surface area contributed by atoms with Crippen LogP contribution in [0.5, 0.6) is 0 Å². The number of hydrogen-bond donors (Lipinski definition) is 0. The summed E-state index contributed by atoms with van der Waals surface area (Å²) in [5, 5.41) is 12.5. The molecule has 1 aliphatic rings. The van der Waals surface area contributed by atoms with E-state index >= 15 is 0 Å². The molecule has 3 aromatic rings. The highest BCUT2D eigenvalue weighted by Crippen LogP contribution is 2.19. The van der Waals surface area contributed by atoms with Gasteiger partial charge < -0.3 is 9.42 Å². The minimum absolute atomic E-state index is 0.115. The average molecular weight is 371 g/mol. The third kappa shape index (κ3) is 3.07. The molecule has 27 heavy (non-hydrogen) atoms. The predicted molar refractivity (Wildman–Crippen MR) is 94.1 cm³/mol. The summed E-state index contributed by atoms with van der Waals surface area (Å²) in [4.78, 5) is 27.0. The van der Waals surface area contributed by atoms with Crippen LogP contribution in [0.1, 0.15) is 41.0 Å². The van der Waals surface area contributed by atoms with Gasteiger partial charge >= 0.3 is 5.69 Å². The monoisotopic (exact) mass is 371 g/mol. The summed E-state index contributed by atoms with van der Waals surface area (Å²) in [5.74, 6) is 0.967. The van der Waals surface area contributed by atoms with E-state index in [4.69, 9.17) is 4.52 Å². The first-order valence-electron chi connectivity index (χ1n) is 8.97. The highest BCUT2D eigenvalue weighted by Gasteiger charge is 2.29. The molecule has 0 saturated heterocycles. The van der Waals surface area contributed by atoms with Crippen molar-refractivity contribution < 1.29 is 9.32 Å². The lowest BCUT2D eigenvalue weighted by Crippen LogP contribution is -2.41. The zero-order valence-corrected chi connectivity index (χ0v) is 15.3. The summed E-state index contributed by atoms with van der Waals surface area (Å²) in [6.07, 6.45) is 4.33. The number of hydrogen-bond acceptors (Lipinski definition) is 6. The van der Waals surface area contributed by atoms with Crippen molar-refractivity contribution in [3.8, 4) is 0 Å². The maximum absolute atomic E-state index is 13.0. The van der Waals surface area contributed by atoms with Crippen LogP contribution in [-0.2, 0) is 26.2 Å². The first-order valence-corrected chi connectivity index (χ1v) is 8.97. The van der Waals surface area contributed by atoms with Gasteiger partial charge in [-0.1, -0.05) is 12.1 Å². The van der Waals surface area contributed by atoms with Crippen LogP contribution in [0.15, 0.2) is 27.8 Å². The molecule has 0 aromatic carbocycles. The van der Waals surface area contributed by atoms with Crippen molar-refractivity contribution in [3.05, 3.63) is 51.8 Å². The Morgan fingerprint density at radius 2 is 2.19 bits per heavy atom. The standard InChI is InChI=1S/C17H21N7O3/c1-3-6-24-17(26)23-9-8-21(11-14(23)19-24)16(25)15-13(12(2)27-20-15)10-22-7-4-5-18-22/h4-5,7H,3,6,8-11H2,1-2H3. The lowest BCUT2D eigenvalue weighted by Gasteiger charge is -2.26. The van der Waals surface area contributed by atoms with Gasteiger partial charge in [0.1, 0.15) is 5.76 Å². The third-order valence-corrected chi connectivity index (χ3v) is 4.71. The van der Waals surface area contributed by atoms with E-state index < -0.39 is 0 Å². The molecule has 4 heterocycles. The van der Waals surface area contributed by atoms with Crippen molar-refractivity contribution >= 4 is 5.91 Å². The summed E-state index contributed by atoms with van der Waals surface area (Å²) in [7, 11) is 0. The van der Waals surface area contributed by atoms with Gasteiger partial charge in [-0.15, -0.1) is 0 Å². The SMILES string of the molecule is CCCn1nc2n(c1=O)CCN(C(=O)c1noc(C)c1Cn1cccn1)C2. The summed E-state index contributed by atoms with van der Waals surface area (Å²) in [5.41, 5.74) is 0.880. The molecule has 10 heteroatoms. The van der Waals surface area contributed by atoms with E-state index in [2.05, 4.69) is 15.4 Å². The minimum Gasteiger partial charge on any atom is -0.361 e. The normalized spacial score (nSPS) is 13.8. The van der Waals surface area contributed by atoms with Crippen LogP contribution in [0, 0.1) is 6.92 Å². The molecule has 0 fully saturated rings. The van der Waals surface area contributed by atoms with Crippen LogP contribution in [0.2, 0.25) is 0 Å². The van der Waals surface area contributed by atoms with Gasteiger partial charge in [-0.3, -0.25) is 14.0 Å². The van der Waals surface area contributed by atoms with Gasteiger partial charge in [-0.2, -0.15) is 10.2 Å². The second-order valence-electron chi connectivity index (χ2n) is 6.57. The Morgan fingerprint density at radius 1 is 1.33 bits per heavy atom. The van der Waals surface area contributed by atoms with Crippen molar-refractivity contribution in [2.45, 2.75) is 46.4 Å². The number of nitrogens with zero attached hydrogens (tertiary/aromatic N) is 7. The van der Waals surface area contributed by atoms with Crippen molar-refractivity contribution in [2.75, 3.05) is 6.54 Å². The molecule has 0 radical (unpaired) electrons. The van der Waals surface area contributed by atoms with Crippen molar-refractivity contribution in [2.24, 2.45) is 0 Å². The zero-order chi connectivity index (χ0) is 19.0. The number of aryl methyl sites for hydroxylation is 2. The molecule has 0 saturated carbocycles. The highest BCUT2D eigenvalue weighted by atomic mass is 16.5. The van der Waals surface area contributed by atoms with E-state index in [1.807, 2.05) is 19.2 Å². The largest absolute Gasteiger partial charge is 0.361 e. The van der Waals surface area contributed by atoms with Crippen LogP contribution in [0.4, 0.5) is 0 Å². The van der Waals surface area contributed by atoms with E-state index in [1.54, 1.807) is 27.3 Å². The van der Waals surface area contributed by atoms with Gasteiger partial charge in [0.2, 0.25) is 0 Å². The molecule has 0 spiro atoms. The van der Waals surface area contributed by atoms with E-state index in [0.717, 1.165) is 6.42 Å². The molecule has 1 aliphatic heterocycles. The Morgan fingerprint density at radius 3 is 2.93 bits per heavy atom. The summed E-state index contributed by atoms with van der Waals surface area (Å²) in [6.45, 7) is 5.89. The second kappa shape index (κ2) is 6.86. The van der Waals surface area contributed by atoms with Crippen LogP contribution in [-0.4, -0.2) is 46.6 Å². The maximum atomic E-state index is 13.0. The molecule has 10 nitrogen and oxygen atoms in total. The Bertz CT molecular complexity index is 1010. The maximum Gasteiger partial charge on any atom is 0.346 e. The smallest absolute Gasteiger partial charge is 0.346 e. The quantitative estimate of drug-likeness (QED) is 0.652. The van der Waals surface area contributed by atoms with E-state index in [9.17, 15) is 9.59 Å². The number of fused-ring (bicyclic) bond motifs is 1. The number of carbonyl (C=O) groups excluding carboxylic acids is 1. The van der Waals surface area contributed by atoms with Crippen LogP contribution >= 0.6 is 0 Å². The van der Waals surface area contributed by atoms with E-state index in [-0.39, 0.29) is 23.8 Å². The minimum atomic E-state index is -0.224. The number of carbonyl (C=O) groups is 1. The Kier molecular flexibility index (Phi) is 4.38. The molecule has 0 unspecified atom stereocenters. The summed E-state index contributed by atoms with van der Waals surface area (Å²) < 4.78 is 10.1. The lowest BCUT2D eigenvalue weighted by atomic mass is 10.1. The highest BCUT2D eigenvalue weighted by molar-refractivity contribution is 5.93. The molecule has 0 bridgehead atoms. The van der Waals surface area contributed by atoms with E-state index in [1.165, 1.54) is 4.68 Å². The van der Waals surface area contributed by atoms with Crippen LogP contribution < -0.4 is 5.69 Å². The van der Waals surface area contributed by atoms with Gasteiger partial charge in [0.15, 0.2) is 11.5 Å². The molecular formula is C17H21N7O3. The molecule has 3 aromatic heterocycles. The third-order valence-electron chi connectivity index (χ3n) is 4.71. The topological polar surface area (TPSA) is 104 Å². The number of rotatable bonds is 5. The first-order chi connectivity index (χ1) is 13.1. The molecule has 0 atom stereocenters. The van der Waals surface area contributed by atoms with Gasteiger partial charge in [0.25, 0.3) is 5.91 Å². The number of amides is 1. The summed E-state index contributed by atoms with van der Waals surface area (Å²) >= 11 is 0. The van der Waals surface area contributed by atoms with Crippen LogP contribution in [0.25, 0.3) is 0 Å². The van der Waals surface area contributed by atoms with Crippen molar-refractivity contribution in [3.63, 3.8) is 0 Å². The molecule has 0 aliphatic carbocycles. The molecular weight excluding hydrogens is 350 g/mol. The molecule has 1 amide bonds. The van der Waals surface area contributed by atoms with Crippen molar-refractivity contribution in [1.82, 2.24) is 34.2 Å². The van der Waals surface area contributed by atoms with Gasteiger partial charge in [-0.25, -0.2) is 9.48 Å². The Hall–Kier alpha value is -3.17. The summed E-state index contributed by atoms with van der Waals surface area (Å²) in [6, 6.07) is 1.82. The fraction of sp³-hybridized carbons (Fsp3) is 0.471. The van der Waals surface area contributed by atoms with Gasteiger partial charge in [0.05, 0.1) is 13.1 Å². The predicted octanol–water partition coefficient (Wildman–Crippen LogP) is 0.652. The van der Waals surface area contributed by atoms with E-state index in [0.29, 0.717) is 43.3 Å². The van der Waals surface area contributed by atoms with Gasteiger partial charge in [-0.05, 0) is 19.4 Å². The Labute approximate surface area is 155 Å². The van der Waals surface area contributed by atoms with Crippen LogP contribution in [0.3, 0.4) is 0 Å². The fourth-order valence-corrected chi connectivity index (χ4v) is 3.28. The molecule has 142 valence electrons. The first kappa shape index (κ1) is 17.3. The zero-order valence-electron chi connectivity index (χ0n) is 15.3. The van der Waals surface area contributed by atoms with Gasteiger partial charge in [0, 0.05) is 37.6 Å². The van der Waals surface area contributed by atoms with Crippen molar-refractivity contribution in [1.29, 1.82) is 0 Å². The number of aromatic nitrogens is 6. The lowest BCUT2D eigenvalue weighted by molar-refractivity contribution is 0.0694. The Balaban J connectivity index is 1.58. The molecule has 4 rings (SSSR count). The second-order valence-corrected chi connectivity index (χ2v) is 6.57. The molecule has 0 N–H and O–H groups in total. The average Bonchev–Trinajstić information content (AvgIpc) is 3.37. The fourth-order valence-electron chi connectivity index (χ4n) is 3.28.